The van der Waals surface area contributed by atoms with Crippen LogP contribution in [0, 0.1) is 0 Å². The highest BCUT2D eigenvalue weighted by Gasteiger charge is 2.05. The molecule has 0 radical (unpaired) electrons. The highest BCUT2D eigenvalue weighted by molar-refractivity contribution is 6.31. The lowest BCUT2D eigenvalue weighted by atomic mass is 10.5. The zero-order valence-corrected chi connectivity index (χ0v) is 9.33. The summed E-state index contributed by atoms with van der Waals surface area (Å²) < 4.78 is 6.64. The van der Waals surface area contributed by atoms with Crippen molar-refractivity contribution in [2.24, 2.45) is 0 Å². The second-order valence-electron chi connectivity index (χ2n) is 3.06. The van der Waals surface area contributed by atoms with E-state index < -0.39 is 0 Å². The fourth-order valence-corrected chi connectivity index (χ4v) is 1.18. The third kappa shape index (κ3) is 3.21. The van der Waals surface area contributed by atoms with Gasteiger partial charge in [0.2, 0.25) is 0 Å². The van der Waals surface area contributed by atoms with Crippen molar-refractivity contribution in [1.29, 1.82) is 0 Å². The molecule has 0 atom stereocenters. The van der Waals surface area contributed by atoms with Crippen LogP contribution in [-0.4, -0.2) is 22.8 Å². The standard InChI is InChI=1S/C9H14ClN3O2/c1-2-4-15-5-3-13-6-12-8(10)7(11)9(13)14/h6H,2-5,11H2,1H3. The van der Waals surface area contributed by atoms with Gasteiger partial charge in [-0.05, 0) is 6.42 Å². The molecule has 1 aromatic heterocycles. The van der Waals surface area contributed by atoms with Crippen molar-refractivity contribution in [2.75, 3.05) is 18.9 Å². The largest absolute Gasteiger partial charge is 0.392 e. The van der Waals surface area contributed by atoms with E-state index in [2.05, 4.69) is 4.98 Å². The molecule has 0 aliphatic rings. The molecule has 0 saturated heterocycles. The number of halogens is 1. The van der Waals surface area contributed by atoms with E-state index >= 15 is 0 Å². The molecule has 6 heteroatoms. The topological polar surface area (TPSA) is 70.1 Å². The first-order valence-corrected chi connectivity index (χ1v) is 5.12. The lowest BCUT2D eigenvalue weighted by Crippen LogP contribution is -2.25. The molecule has 0 aliphatic carbocycles. The third-order valence-corrected chi connectivity index (χ3v) is 2.15. The van der Waals surface area contributed by atoms with Crippen LogP contribution in [0.2, 0.25) is 5.15 Å². The summed E-state index contributed by atoms with van der Waals surface area (Å²) in [6.07, 6.45) is 2.33. The van der Waals surface area contributed by atoms with Gasteiger partial charge in [-0.3, -0.25) is 9.36 Å². The van der Waals surface area contributed by atoms with Crippen LogP contribution >= 0.6 is 11.6 Å². The van der Waals surface area contributed by atoms with Gasteiger partial charge in [0, 0.05) is 6.61 Å². The Morgan fingerprint density at radius 2 is 2.33 bits per heavy atom. The van der Waals surface area contributed by atoms with Crippen molar-refractivity contribution < 1.29 is 4.74 Å². The van der Waals surface area contributed by atoms with Crippen LogP contribution in [-0.2, 0) is 11.3 Å². The molecule has 5 nitrogen and oxygen atoms in total. The van der Waals surface area contributed by atoms with Gasteiger partial charge < -0.3 is 10.5 Å². The second-order valence-corrected chi connectivity index (χ2v) is 3.42. The maximum absolute atomic E-state index is 11.5. The summed E-state index contributed by atoms with van der Waals surface area (Å²) in [4.78, 5) is 15.3. The Morgan fingerprint density at radius 3 is 3.00 bits per heavy atom. The molecule has 0 bridgehead atoms. The van der Waals surface area contributed by atoms with Crippen molar-refractivity contribution in [2.45, 2.75) is 19.9 Å². The minimum absolute atomic E-state index is 0.0188. The Kier molecular flexibility index (Phi) is 4.58. The molecule has 0 spiro atoms. The predicted molar refractivity (Wildman–Crippen MR) is 59.0 cm³/mol. The number of anilines is 1. The van der Waals surface area contributed by atoms with Crippen LogP contribution in [0.3, 0.4) is 0 Å². The van der Waals surface area contributed by atoms with E-state index in [0.29, 0.717) is 19.8 Å². The Balaban J connectivity index is 2.63. The van der Waals surface area contributed by atoms with Gasteiger partial charge in [-0.1, -0.05) is 18.5 Å². The van der Waals surface area contributed by atoms with Crippen LogP contribution in [0.15, 0.2) is 11.1 Å². The molecule has 1 heterocycles. The average molecular weight is 232 g/mol. The number of nitrogens with zero attached hydrogens (tertiary/aromatic N) is 2. The van der Waals surface area contributed by atoms with Gasteiger partial charge >= 0.3 is 0 Å². The molecule has 0 aliphatic heterocycles. The number of aromatic nitrogens is 2. The van der Waals surface area contributed by atoms with Gasteiger partial charge in [0.25, 0.3) is 5.56 Å². The molecule has 2 N–H and O–H groups in total. The lowest BCUT2D eigenvalue weighted by molar-refractivity contribution is 0.126. The molecule has 15 heavy (non-hydrogen) atoms. The SMILES string of the molecule is CCCOCCn1cnc(Cl)c(N)c1=O. The van der Waals surface area contributed by atoms with Crippen molar-refractivity contribution >= 4 is 17.3 Å². The van der Waals surface area contributed by atoms with Gasteiger partial charge in [0.15, 0.2) is 5.15 Å². The summed E-state index contributed by atoms with van der Waals surface area (Å²) in [5.74, 6) is 0. The fraction of sp³-hybridized carbons (Fsp3) is 0.556. The number of nitrogen functional groups attached to an aromatic ring is 1. The molecule has 84 valence electrons. The average Bonchev–Trinajstić information content (AvgIpc) is 2.24. The quantitative estimate of drug-likeness (QED) is 0.604. The third-order valence-electron chi connectivity index (χ3n) is 1.85. The summed E-state index contributed by atoms with van der Waals surface area (Å²) in [5, 5.41) is 0.0470. The molecule has 1 aromatic rings. The van der Waals surface area contributed by atoms with Gasteiger partial charge in [0.05, 0.1) is 19.5 Å². The number of nitrogens with two attached hydrogens (primary N) is 1. The van der Waals surface area contributed by atoms with E-state index in [0.717, 1.165) is 6.42 Å². The van der Waals surface area contributed by atoms with E-state index in [-0.39, 0.29) is 16.4 Å². The highest BCUT2D eigenvalue weighted by Crippen LogP contribution is 2.07. The van der Waals surface area contributed by atoms with Gasteiger partial charge in [-0.15, -0.1) is 0 Å². The maximum atomic E-state index is 11.5. The summed E-state index contributed by atoms with van der Waals surface area (Å²) in [7, 11) is 0. The maximum Gasteiger partial charge on any atom is 0.278 e. The van der Waals surface area contributed by atoms with Crippen molar-refractivity contribution in [3.8, 4) is 0 Å². The fourth-order valence-electron chi connectivity index (χ4n) is 1.05. The summed E-state index contributed by atoms with van der Waals surface area (Å²) >= 11 is 5.59. The summed E-state index contributed by atoms with van der Waals surface area (Å²) in [5.41, 5.74) is 5.10. The summed E-state index contributed by atoms with van der Waals surface area (Å²) in [6.45, 7) is 3.61. The molecule has 0 unspecified atom stereocenters. The smallest absolute Gasteiger partial charge is 0.278 e. The Labute approximate surface area is 92.8 Å². The lowest BCUT2D eigenvalue weighted by Gasteiger charge is -2.06. The first-order valence-electron chi connectivity index (χ1n) is 4.75. The Morgan fingerprint density at radius 1 is 1.60 bits per heavy atom. The van der Waals surface area contributed by atoms with Crippen LogP contribution in [0.5, 0.6) is 0 Å². The number of hydrogen-bond acceptors (Lipinski definition) is 4. The molecule has 0 amide bonds. The molecule has 1 rings (SSSR count). The molecule has 0 saturated carbocycles. The molecule has 0 aromatic carbocycles. The first-order chi connectivity index (χ1) is 7.16. The van der Waals surface area contributed by atoms with Gasteiger partial charge in [0.1, 0.15) is 5.69 Å². The van der Waals surface area contributed by atoms with Crippen molar-refractivity contribution in [3.63, 3.8) is 0 Å². The highest BCUT2D eigenvalue weighted by atomic mass is 35.5. The minimum atomic E-state index is -0.324. The Bertz CT molecular complexity index is 378. The number of ether oxygens (including phenoxy) is 1. The predicted octanol–water partition coefficient (Wildman–Crippen LogP) is 0.906. The van der Waals surface area contributed by atoms with E-state index in [1.807, 2.05) is 6.92 Å². The van der Waals surface area contributed by atoms with Crippen LogP contribution < -0.4 is 11.3 Å². The van der Waals surface area contributed by atoms with Gasteiger partial charge in [-0.2, -0.15) is 0 Å². The summed E-state index contributed by atoms with van der Waals surface area (Å²) in [6, 6.07) is 0. The minimum Gasteiger partial charge on any atom is -0.392 e. The van der Waals surface area contributed by atoms with Crippen molar-refractivity contribution in [1.82, 2.24) is 9.55 Å². The van der Waals surface area contributed by atoms with Crippen LogP contribution in [0.4, 0.5) is 5.69 Å². The Hall–Kier alpha value is -1.07. The molecular formula is C9H14ClN3O2. The van der Waals surface area contributed by atoms with E-state index in [1.54, 1.807) is 0 Å². The zero-order valence-electron chi connectivity index (χ0n) is 8.57. The van der Waals surface area contributed by atoms with Crippen molar-refractivity contribution in [3.05, 3.63) is 21.8 Å². The molecular weight excluding hydrogens is 218 g/mol. The van der Waals surface area contributed by atoms with Gasteiger partial charge in [-0.25, -0.2) is 4.98 Å². The number of hydrogen-bond donors (Lipinski definition) is 1. The number of rotatable bonds is 5. The van der Waals surface area contributed by atoms with Crippen LogP contribution in [0.1, 0.15) is 13.3 Å². The van der Waals surface area contributed by atoms with E-state index in [4.69, 9.17) is 22.1 Å². The monoisotopic (exact) mass is 231 g/mol. The van der Waals surface area contributed by atoms with E-state index in [9.17, 15) is 4.79 Å². The first kappa shape index (κ1) is 12.0. The van der Waals surface area contributed by atoms with Crippen LogP contribution in [0.25, 0.3) is 0 Å². The van der Waals surface area contributed by atoms with E-state index in [1.165, 1.54) is 10.9 Å². The normalized spacial score (nSPS) is 10.5. The second kappa shape index (κ2) is 5.72. The zero-order chi connectivity index (χ0) is 11.3. The molecule has 0 fully saturated rings.